The van der Waals surface area contributed by atoms with Crippen molar-refractivity contribution in [1.29, 1.82) is 0 Å². The Bertz CT molecular complexity index is 440. The highest BCUT2D eigenvalue weighted by Gasteiger charge is 2.00. The van der Waals surface area contributed by atoms with Crippen molar-refractivity contribution in [3.63, 3.8) is 0 Å². The van der Waals surface area contributed by atoms with E-state index < -0.39 is 0 Å². The van der Waals surface area contributed by atoms with Gasteiger partial charge in [-0.25, -0.2) is 4.98 Å². The molecule has 0 aliphatic carbocycles. The molecule has 1 N–H and O–H groups in total. The summed E-state index contributed by atoms with van der Waals surface area (Å²) >= 11 is 1.59. The van der Waals surface area contributed by atoms with E-state index in [0.29, 0.717) is 12.2 Å². The quantitative estimate of drug-likeness (QED) is 0.760. The zero-order valence-electron chi connectivity index (χ0n) is 7.90. The van der Waals surface area contributed by atoms with Crippen LogP contribution in [0.2, 0.25) is 0 Å². The summed E-state index contributed by atoms with van der Waals surface area (Å²) in [6.07, 6.45) is 2.38. The van der Waals surface area contributed by atoms with Crippen molar-refractivity contribution in [3.05, 3.63) is 35.0 Å². The van der Waals surface area contributed by atoms with Gasteiger partial charge in [0.15, 0.2) is 0 Å². The summed E-state index contributed by atoms with van der Waals surface area (Å²) in [6.45, 7) is 1.92. The Morgan fingerprint density at radius 1 is 1.50 bits per heavy atom. The van der Waals surface area contributed by atoms with Crippen molar-refractivity contribution in [2.24, 2.45) is 0 Å². The van der Waals surface area contributed by atoms with Crippen LogP contribution in [0.1, 0.15) is 18.4 Å². The van der Waals surface area contributed by atoms with E-state index in [4.69, 9.17) is 0 Å². The Labute approximate surface area is 86.5 Å². The number of aliphatic hydroxyl groups excluding tert-OH is 1. The molecule has 0 saturated heterocycles. The molecule has 0 radical (unpaired) electrons. The first-order valence-corrected chi connectivity index (χ1v) is 5.36. The van der Waals surface area contributed by atoms with Crippen LogP contribution in [0.3, 0.4) is 0 Å². The van der Waals surface area contributed by atoms with Crippen LogP contribution >= 0.6 is 11.3 Å². The minimum atomic E-state index is 0.379. The van der Waals surface area contributed by atoms with E-state index in [9.17, 15) is 5.11 Å². The number of nitrogens with zero attached hydrogens (tertiary/aromatic N) is 1. The third kappa shape index (κ3) is 1.77. The Balaban J connectivity index is 2.45. The zero-order chi connectivity index (χ0) is 9.97. The van der Waals surface area contributed by atoms with E-state index in [1.165, 1.54) is 0 Å². The summed E-state index contributed by atoms with van der Waals surface area (Å²) < 4.78 is 1.16. The molecule has 72 valence electrons. The second kappa shape index (κ2) is 3.80. The van der Waals surface area contributed by atoms with Gasteiger partial charge in [0.2, 0.25) is 0 Å². The normalized spacial score (nSPS) is 12.2. The highest BCUT2D eigenvalue weighted by Crippen LogP contribution is 2.23. The zero-order valence-corrected chi connectivity index (χ0v) is 8.71. The second-order valence-electron chi connectivity index (χ2n) is 3.01. The smallest absolute Gasteiger partial charge is 0.120 e. The fraction of sp³-hybridized carbons (Fsp3) is 0.182. The lowest BCUT2D eigenvalue weighted by atomic mass is 10.3. The first-order valence-electron chi connectivity index (χ1n) is 4.54. The number of fused-ring (bicyclic) bond motifs is 1. The molecule has 2 nitrogen and oxygen atoms in total. The monoisotopic (exact) mass is 205 g/mol. The molecule has 0 bridgehead atoms. The van der Waals surface area contributed by atoms with Gasteiger partial charge in [-0.15, -0.1) is 11.3 Å². The predicted molar refractivity (Wildman–Crippen MR) is 60.5 cm³/mol. The fourth-order valence-corrected chi connectivity index (χ4v) is 2.13. The molecule has 14 heavy (non-hydrogen) atoms. The minimum absolute atomic E-state index is 0.379. The molecule has 0 fully saturated rings. The van der Waals surface area contributed by atoms with Gasteiger partial charge >= 0.3 is 0 Å². The summed E-state index contributed by atoms with van der Waals surface area (Å²) in [5.74, 6) is 0.379. The van der Waals surface area contributed by atoms with Gasteiger partial charge in [-0.3, -0.25) is 0 Å². The molecule has 0 atom stereocenters. The van der Waals surface area contributed by atoms with Gasteiger partial charge in [0, 0.05) is 12.5 Å². The molecular formula is C11H11NOS. The average Bonchev–Trinajstić information content (AvgIpc) is 2.59. The Hall–Kier alpha value is -1.35. The van der Waals surface area contributed by atoms with Crippen LogP contribution in [-0.2, 0) is 0 Å². The van der Waals surface area contributed by atoms with Gasteiger partial charge in [0.1, 0.15) is 5.01 Å². The van der Waals surface area contributed by atoms with Crippen molar-refractivity contribution in [3.8, 4) is 0 Å². The SMILES string of the molecule is CCC(O)=Cc1nc2ccccc2s1. The molecule has 2 aromatic rings. The summed E-state index contributed by atoms with van der Waals surface area (Å²) in [7, 11) is 0. The average molecular weight is 205 g/mol. The van der Waals surface area contributed by atoms with Gasteiger partial charge in [0.05, 0.1) is 16.0 Å². The topological polar surface area (TPSA) is 33.1 Å². The number of thiazole rings is 1. The summed E-state index contributed by atoms with van der Waals surface area (Å²) in [5.41, 5.74) is 0.993. The molecule has 1 heterocycles. The van der Waals surface area contributed by atoms with E-state index in [1.54, 1.807) is 17.4 Å². The third-order valence-corrected chi connectivity index (χ3v) is 2.95. The maximum absolute atomic E-state index is 9.36. The van der Waals surface area contributed by atoms with Crippen LogP contribution in [0.5, 0.6) is 0 Å². The number of aromatic nitrogens is 1. The molecule has 2 rings (SSSR count). The van der Waals surface area contributed by atoms with Crippen molar-refractivity contribution >= 4 is 27.6 Å². The number of aliphatic hydroxyl groups is 1. The summed E-state index contributed by atoms with van der Waals surface area (Å²) in [6, 6.07) is 7.97. The van der Waals surface area contributed by atoms with E-state index >= 15 is 0 Å². The largest absolute Gasteiger partial charge is 0.512 e. The second-order valence-corrected chi connectivity index (χ2v) is 4.07. The Kier molecular flexibility index (Phi) is 2.50. The Morgan fingerprint density at radius 3 is 3.00 bits per heavy atom. The van der Waals surface area contributed by atoms with Gasteiger partial charge in [-0.2, -0.15) is 0 Å². The van der Waals surface area contributed by atoms with Gasteiger partial charge in [-0.05, 0) is 12.1 Å². The number of rotatable bonds is 2. The van der Waals surface area contributed by atoms with Gasteiger partial charge < -0.3 is 5.11 Å². The maximum atomic E-state index is 9.36. The lowest BCUT2D eigenvalue weighted by Crippen LogP contribution is -1.76. The number of para-hydroxylation sites is 1. The first kappa shape index (κ1) is 9.21. The highest BCUT2D eigenvalue weighted by atomic mass is 32.1. The summed E-state index contributed by atoms with van der Waals surface area (Å²) in [4.78, 5) is 4.38. The molecule has 0 aliphatic rings. The van der Waals surface area contributed by atoms with Crippen LogP contribution < -0.4 is 0 Å². The molecule has 0 spiro atoms. The molecule has 1 aromatic carbocycles. The number of benzene rings is 1. The molecular weight excluding hydrogens is 194 g/mol. The Morgan fingerprint density at radius 2 is 2.29 bits per heavy atom. The van der Waals surface area contributed by atoms with Crippen molar-refractivity contribution in [2.45, 2.75) is 13.3 Å². The predicted octanol–water partition coefficient (Wildman–Crippen LogP) is 3.61. The van der Waals surface area contributed by atoms with E-state index in [1.807, 2.05) is 31.2 Å². The van der Waals surface area contributed by atoms with E-state index in [0.717, 1.165) is 15.2 Å². The van der Waals surface area contributed by atoms with Crippen molar-refractivity contribution in [1.82, 2.24) is 4.98 Å². The number of hydrogen-bond acceptors (Lipinski definition) is 3. The molecule has 0 aliphatic heterocycles. The summed E-state index contributed by atoms with van der Waals surface area (Å²) in [5, 5.41) is 10.2. The molecule has 0 amide bonds. The lowest BCUT2D eigenvalue weighted by Gasteiger charge is -1.89. The van der Waals surface area contributed by atoms with Crippen LogP contribution in [0.25, 0.3) is 16.3 Å². The van der Waals surface area contributed by atoms with Crippen molar-refractivity contribution < 1.29 is 5.11 Å². The maximum Gasteiger partial charge on any atom is 0.120 e. The van der Waals surface area contributed by atoms with E-state index in [-0.39, 0.29) is 0 Å². The van der Waals surface area contributed by atoms with Crippen LogP contribution in [-0.4, -0.2) is 10.1 Å². The lowest BCUT2D eigenvalue weighted by molar-refractivity contribution is 0.400. The molecule has 1 aromatic heterocycles. The molecule has 3 heteroatoms. The third-order valence-electron chi connectivity index (χ3n) is 1.96. The molecule has 0 saturated carbocycles. The standard InChI is InChI=1S/C11H11NOS/c1-2-8(13)7-11-12-9-5-3-4-6-10(9)14-11/h3-7,13H,2H2,1H3. The highest BCUT2D eigenvalue weighted by molar-refractivity contribution is 7.19. The number of allylic oxidation sites excluding steroid dienone is 1. The number of hydrogen-bond donors (Lipinski definition) is 1. The van der Waals surface area contributed by atoms with E-state index in [2.05, 4.69) is 4.98 Å². The van der Waals surface area contributed by atoms with Crippen LogP contribution in [0.4, 0.5) is 0 Å². The fourth-order valence-electron chi connectivity index (χ4n) is 1.20. The molecule has 0 unspecified atom stereocenters. The van der Waals surface area contributed by atoms with Crippen molar-refractivity contribution in [2.75, 3.05) is 0 Å². The van der Waals surface area contributed by atoms with Gasteiger partial charge in [-0.1, -0.05) is 19.1 Å². The van der Waals surface area contributed by atoms with Gasteiger partial charge in [0.25, 0.3) is 0 Å². The first-order chi connectivity index (χ1) is 6.79. The minimum Gasteiger partial charge on any atom is -0.512 e. The van der Waals surface area contributed by atoms with Crippen LogP contribution in [0.15, 0.2) is 30.0 Å². The van der Waals surface area contributed by atoms with Crippen LogP contribution in [0, 0.1) is 0 Å².